The fourth-order valence-electron chi connectivity index (χ4n) is 1.66. The number of nitrogens with one attached hydrogen (secondary N) is 1. The fourth-order valence-corrected chi connectivity index (χ4v) is 1.66. The van der Waals surface area contributed by atoms with E-state index in [0.29, 0.717) is 6.41 Å². The molecule has 0 radical (unpaired) electrons. The highest BCUT2D eigenvalue weighted by Crippen LogP contribution is 2.05. The molecule has 1 rings (SSSR count). The molecule has 0 aliphatic carbocycles. The van der Waals surface area contributed by atoms with Crippen molar-refractivity contribution in [3.8, 4) is 0 Å². The maximum Gasteiger partial charge on any atom is 0.336 e. The van der Waals surface area contributed by atoms with Gasteiger partial charge in [0.2, 0.25) is 6.41 Å². The van der Waals surface area contributed by atoms with Gasteiger partial charge in [-0.25, -0.2) is 9.59 Å². The molecule has 8 nitrogen and oxygen atoms in total. The van der Waals surface area contributed by atoms with Gasteiger partial charge in [-0.1, -0.05) is 30.3 Å². The van der Waals surface area contributed by atoms with Gasteiger partial charge in [-0.15, -0.1) is 0 Å². The van der Waals surface area contributed by atoms with Gasteiger partial charge in [0.25, 0.3) is 0 Å². The Hall–Kier alpha value is -2.74. The number of hydrogen-bond donors (Lipinski definition) is 3. The standard InChI is InChI=1S/C14H16N2O6/c15-10(7-12(18)19)13(20)22-14(21)11(16-8-17)6-9-4-2-1-3-5-9/h1-5,8,10-11H,6-7,15H2,(H,16,17)(H,18,19)/t10-,11-/m0/s1. The minimum absolute atomic E-state index is 0.125. The van der Waals surface area contributed by atoms with Crippen molar-refractivity contribution in [2.75, 3.05) is 0 Å². The highest BCUT2D eigenvalue weighted by molar-refractivity contribution is 5.93. The minimum atomic E-state index is -1.45. The summed E-state index contributed by atoms with van der Waals surface area (Å²) in [5.74, 6) is -3.44. The van der Waals surface area contributed by atoms with Crippen LogP contribution in [0.1, 0.15) is 12.0 Å². The number of ether oxygens (including phenoxy) is 1. The summed E-state index contributed by atoms with van der Waals surface area (Å²) in [4.78, 5) is 44.4. The molecule has 0 aromatic heterocycles. The summed E-state index contributed by atoms with van der Waals surface area (Å²) in [6.07, 6.45) is -0.215. The second-order valence-electron chi connectivity index (χ2n) is 4.47. The lowest BCUT2D eigenvalue weighted by Gasteiger charge is -2.15. The van der Waals surface area contributed by atoms with Gasteiger partial charge in [0, 0.05) is 6.42 Å². The van der Waals surface area contributed by atoms with Gasteiger partial charge in [0.05, 0.1) is 6.42 Å². The van der Waals surface area contributed by atoms with Crippen molar-refractivity contribution >= 4 is 24.3 Å². The Kier molecular flexibility index (Phi) is 6.71. The summed E-state index contributed by atoms with van der Waals surface area (Å²) < 4.78 is 4.51. The molecule has 1 aromatic carbocycles. The van der Waals surface area contributed by atoms with Crippen molar-refractivity contribution < 1.29 is 29.0 Å². The summed E-state index contributed by atoms with van der Waals surface area (Å²) in [6, 6.07) is 6.27. The number of carbonyl (C=O) groups excluding carboxylic acids is 3. The van der Waals surface area contributed by atoms with E-state index in [1.165, 1.54) is 0 Å². The number of benzene rings is 1. The SMILES string of the molecule is N[C@@H](CC(=O)O)C(=O)OC(=O)[C@H](Cc1ccccc1)NC=O. The smallest absolute Gasteiger partial charge is 0.336 e. The van der Waals surface area contributed by atoms with Gasteiger partial charge in [-0.3, -0.25) is 9.59 Å². The van der Waals surface area contributed by atoms with Gasteiger partial charge in [-0.05, 0) is 5.56 Å². The number of rotatable bonds is 8. The second-order valence-corrected chi connectivity index (χ2v) is 4.47. The first kappa shape index (κ1) is 17.3. The largest absolute Gasteiger partial charge is 0.481 e. The zero-order valence-electron chi connectivity index (χ0n) is 11.6. The van der Waals surface area contributed by atoms with Crippen molar-refractivity contribution in [2.45, 2.75) is 24.9 Å². The maximum absolute atomic E-state index is 11.9. The van der Waals surface area contributed by atoms with E-state index in [-0.39, 0.29) is 6.42 Å². The number of carboxylic acid groups (broad SMARTS) is 1. The fraction of sp³-hybridized carbons (Fsp3) is 0.286. The van der Waals surface area contributed by atoms with Gasteiger partial charge >= 0.3 is 17.9 Å². The van der Waals surface area contributed by atoms with E-state index in [4.69, 9.17) is 10.8 Å². The van der Waals surface area contributed by atoms with Crippen LogP contribution in [0.25, 0.3) is 0 Å². The van der Waals surface area contributed by atoms with Crippen LogP contribution >= 0.6 is 0 Å². The van der Waals surface area contributed by atoms with Crippen molar-refractivity contribution in [3.63, 3.8) is 0 Å². The van der Waals surface area contributed by atoms with Crippen LogP contribution in [-0.4, -0.2) is 41.5 Å². The Morgan fingerprint density at radius 3 is 2.41 bits per heavy atom. The molecule has 1 aromatic rings. The van der Waals surface area contributed by atoms with Crippen LogP contribution < -0.4 is 11.1 Å². The minimum Gasteiger partial charge on any atom is -0.481 e. The lowest BCUT2D eigenvalue weighted by molar-refractivity contribution is -0.163. The molecule has 0 bridgehead atoms. The summed E-state index contributed by atoms with van der Waals surface area (Å²) in [5.41, 5.74) is 6.05. The van der Waals surface area contributed by atoms with Gasteiger partial charge < -0.3 is 20.9 Å². The van der Waals surface area contributed by atoms with Crippen molar-refractivity contribution in [1.82, 2.24) is 5.32 Å². The molecule has 8 heteroatoms. The molecule has 0 spiro atoms. The zero-order chi connectivity index (χ0) is 16.5. The first-order valence-corrected chi connectivity index (χ1v) is 6.40. The highest BCUT2D eigenvalue weighted by Gasteiger charge is 2.26. The van der Waals surface area contributed by atoms with Crippen molar-refractivity contribution in [1.29, 1.82) is 0 Å². The Morgan fingerprint density at radius 2 is 1.86 bits per heavy atom. The maximum atomic E-state index is 11.9. The van der Waals surface area contributed by atoms with E-state index in [0.717, 1.165) is 5.56 Å². The second kappa shape index (κ2) is 8.53. The lowest BCUT2D eigenvalue weighted by atomic mass is 10.1. The van der Waals surface area contributed by atoms with Crippen LogP contribution in [0.2, 0.25) is 0 Å². The predicted octanol–water partition coefficient (Wildman–Crippen LogP) is -0.784. The number of esters is 2. The van der Waals surface area contributed by atoms with Gasteiger partial charge in [-0.2, -0.15) is 0 Å². The van der Waals surface area contributed by atoms with Crippen LogP contribution in [0.3, 0.4) is 0 Å². The van der Waals surface area contributed by atoms with E-state index in [1.807, 2.05) is 0 Å². The van der Waals surface area contributed by atoms with Gasteiger partial charge in [0.15, 0.2) is 0 Å². The van der Waals surface area contributed by atoms with E-state index >= 15 is 0 Å². The van der Waals surface area contributed by atoms with Gasteiger partial charge in [0.1, 0.15) is 12.1 Å². The molecular weight excluding hydrogens is 292 g/mol. The summed E-state index contributed by atoms with van der Waals surface area (Å²) >= 11 is 0. The third kappa shape index (κ3) is 5.71. The molecule has 0 saturated heterocycles. The molecule has 0 saturated carbocycles. The van der Waals surface area contributed by atoms with Crippen LogP contribution in [0.4, 0.5) is 0 Å². The Morgan fingerprint density at radius 1 is 1.23 bits per heavy atom. The molecule has 0 aliphatic rings. The van der Waals surface area contributed by atoms with E-state index in [2.05, 4.69) is 10.1 Å². The Balaban J connectivity index is 2.67. The summed E-state index contributed by atoms with van der Waals surface area (Å²) in [7, 11) is 0. The first-order valence-electron chi connectivity index (χ1n) is 6.40. The highest BCUT2D eigenvalue weighted by atomic mass is 16.6. The van der Waals surface area contributed by atoms with Crippen LogP contribution in [-0.2, 0) is 30.3 Å². The van der Waals surface area contributed by atoms with E-state index in [1.54, 1.807) is 30.3 Å². The molecule has 1 amide bonds. The topological polar surface area (TPSA) is 136 Å². The molecule has 0 fully saturated rings. The van der Waals surface area contributed by atoms with E-state index < -0.39 is 36.4 Å². The number of aliphatic carboxylic acids is 1. The van der Waals surface area contributed by atoms with Crippen LogP contribution in [0, 0.1) is 0 Å². The molecule has 4 N–H and O–H groups in total. The summed E-state index contributed by atoms with van der Waals surface area (Å²) in [6.45, 7) is 0. The average molecular weight is 308 g/mol. The number of hydrogen-bond acceptors (Lipinski definition) is 6. The lowest BCUT2D eigenvalue weighted by Crippen LogP contribution is -2.43. The van der Waals surface area contributed by atoms with E-state index in [9.17, 15) is 19.2 Å². The molecule has 0 aliphatic heterocycles. The quantitative estimate of drug-likeness (QED) is 0.325. The molecule has 0 heterocycles. The number of nitrogens with two attached hydrogens (primary N) is 1. The molecule has 0 unspecified atom stereocenters. The first-order chi connectivity index (χ1) is 10.4. The summed E-state index contributed by atoms with van der Waals surface area (Å²) in [5, 5.41) is 10.8. The Labute approximate surface area is 126 Å². The van der Waals surface area contributed by atoms with Crippen molar-refractivity contribution in [2.24, 2.45) is 5.73 Å². The molecule has 2 atom stereocenters. The monoisotopic (exact) mass is 308 g/mol. The normalized spacial score (nSPS) is 12.8. The van der Waals surface area contributed by atoms with Crippen molar-refractivity contribution in [3.05, 3.63) is 35.9 Å². The molecule has 118 valence electrons. The molecule has 22 heavy (non-hydrogen) atoms. The average Bonchev–Trinajstić information content (AvgIpc) is 2.47. The zero-order valence-corrected chi connectivity index (χ0v) is 11.6. The predicted molar refractivity (Wildman–Crippen MR) is 74.5 cm³/mol. The number of amides is 1. The number of carbonyl (C=O) groups is 4. The third-order valence-corrected chi connectivity index (χ3v) is 2.73. The number of carboxylic acids is 1. The Bertz CT molecular complexity index is 546. The van der Waals surface area contributed by atoms with Crippen LogP contribution in [0.5, 0.6) is 0 Å². The molecular formula is C14H16N2O6. The van der Waals surface area contributed by atoms with Crippen LogP contribution in [0.15, 0.2) is 30.3 Å². The third-order valence-electron chi connectivity index (χ3n) is 2.73.